The summed E-state index contributed by atoms with van der Waals surface area (Å²) in [6.07, 6.45) is 9.96. The summed E-state index contributed by atoms with van der Waals surface area (Å²) in [6, 6.07) is 0. The Morgan fingerprint density at radius 1 is 1.37 bits per heavy atom. The zero-order valence-electron chi connectivity index (χ0n) is 12.3. The number of rotatable bonds is 3. The molecule has 2 heteroatoms. The second kappa shape index (κ2) is 4.36. The van der Waals surface area contributed by atoms with Crippen molar-refractivity contribution in [2.45, 2.75) is 70.8 Å². The second-order valence-corrected chi connectivity index (χ2v) is 7.11. The van der Waals surface area contributed by atoms with E-state index in [1.807, 2.05) is 0 Å². The van der Waals surface area contributed by atoms with Crippen molar-refractivity contribution in [2.24, 2.45) is 17.3 Å². The fraction of sp³-hybridized carbons (Fsp3) is 0.824. The maximum absolute atomic E-state index is 12.1. The summed E-state index contributed by atoms with van der Waals surface area (Å²) in [7, 11) is 0. The van der Waals surface area contributed by atoms with Crippen molar-refractivity contribution >= 4 is 5.97 Å². The van der Waals surface area contributed by atoms with E-state index in [0.29, 0.717) is 11.0 Å². The number of hydrogen-bond donors (Lipinski definition) is 0. The van der Waals surface area contributed by atoms with Crippen LogP contribution in [-0.4, -0.2) is 11.6 Å². The molecule has 0 aromatic heterocycles. The molecule has 0 amide bonds. The quantitative estimate of drug-likeness (QED) is 0.561. The number of carbonyl (C=O) groups excluding carboxylic acids is 1. The largest absolute Gasteiger partial charge is 0.455 e. The lowest BCUT2D eigenvalue weighted by molar-refractivity contribution is -0.175. The van der Waals surface area contributed by atoms with Crippen LogP contribution in [0.1, 0.15) is 65.2 Å². The molecule has 3 fully saturated rings. The van der Waals surface area contributed by atoms with Crippen LogP contribution in [0.4, 0.5) is 0 Å². The Balaban J connectivity index is 1.91. The molecule has 3 aliphatic rings. The monoisotopic (exact) mass is 262 g/mol. The molecule has 0 radical (unpaired) electrons. The molecule has 0 aliphatic heterocycles. The van der Waals surface area contributed by atoms with Gasteiger partial charge in [-0.05, 0) is 63.7 Å². The third-order valence-corrected chi connectivity index (χ3v) is 6.29. The third kappa shape index (κ3) is 1.71. The lowest BCUT2D eigenvalue weighted by Gasteiger charge is -2.48. The lowest BCUT2D eigenvalue weighted by atomic mass is 9.63. The average Bonchev–Trinajstić information content (AvgIpc) is 3.05. The van der Waals surface area contributed by atoms with Gasteiger partial charge in [-0.1, -0.05) is 19.9 Å². The van der Waals surface area contributed by atoms with Crippen LogP contribution >= 0.6 is 0 Å². The van der Waals surface area contributed by atoms with Crippen LogP contribution in [-0.2, 0) is 9.53 Å². The van der Waals surface area contributed by atoms with E-state index in [4.69, 9.17) is 4.74 Å². The van der Waals surface area contributed by atoms with Gasteiger partial charge < -0.3 is 4.74 Å². The van der Waals surface area contributed by atoms with Crippen LogP contribution in [0, 0.1) is 17.3 Å². The van der Waals surface area contributed by atoms with Gasteiger partial charge in [0.15, 0.2) is 0 Å². The van der Waals surface area contributed by atoms with E-state index in [0.717, 1.165) is 24.7 Å². The molecule has 0 saturated heterocycles. The van der Waals surface area contributed by atoms with Gasteiger partial charge in [-0.3, -0.25) is 0 Å². The topological polar surface area (TPSA) is 26.3 Å². The number of ether oxygens (including phenoxy) is 1. The Hall–Kier alpha value is -0.790. The Kier molecular flexibility index (Phi) is 3.03. The highest BCUT2D eigenvalue weighted by molar-refractivity contribution is 5.87. The molecule has 2 nitrogen and oxygen atoms in total. The van der Waals surface area contributed by atoms with Gasteiger partial charge in [-0.2, -0.15) is 0 Å². The van der Waals surface area contributed by atoms with Gasteiger partial charge in [0.2, 0.25) is 0 Å². The van der Waals surface area contributed by atoms with Crippen molar-refractivity contribution in [1.82, 2.24) is 0 Å². The molecule has 106 valence electrons. The van der Waals surface area contributed by atoms with Crippen molar-refractivity contribution in [1.29, 1.82) is 0 Å². The highest BCUT2D eigenvalue weighted by Crippen LogP contribution is 2.68. The number of fused-ring (bicyclic) bond motifs is 3. The Morgan fingerprint density at radius 2 is 2.16 bits per heavy atom. The van der Waals surface area contributed by atoms with Gasteiger partial charge in [0.05, 0.1) is 0 Å². The molecular formula is C17H26O2. The maximum Gasteiger partial charge on any atom is 0.333 e. The van der Waals surface area contributed by atoms with E-state index >= 15 is 0 Å². The van der Waals surface area contributed by atoms with Crippen molar-refractivity contribution in [3.63, 3.8) is 0 Å². The fourth-order valence-electron chi connectivity index (χ4n) is 5.49. The Morgan fingerprint density at radius 3 is 2.68 bits per heavy atom. The first-order chi connectivity index (χ1) is 9.03. The van der Waals surface area contributed by atoms with Crippen molar-refractivity contribution < 1.29 is 9.53 Å². The molecule has 1 spiro atoms. The molecule has 0 aromatic rings. The van der Waals surface area contributed by atoms with E-state index in [9.17, 15) is 4.79 Å². The molecule has 0 N–H and O–H groups in total. The standard InChI is InChI=1S/C17H26O2/c1-4-17(19-15(18)12(2)3)9-5-8-16(17)11-13-6-7-14(16)10-13/h13-14H,2,4-11H2,1,3H3/t13-,14+,16-,17?/m0/s1. The van der Waals surface area contributed by atoms with Crippen molar-refractivity contribution in [3.05, 3.63) is 12.2 Å². The molecule has 0 heterocycles. The number of carbonyl (C=O) groups is 1. The van der Waals surface area contributed by atoms with E-state index in [1.54, 1.807) is 6.92 Å². The molecule has 2 bridgehead atoms. The minimum Gasteiger partial charge on any atom is -0.455 e. The average molecular weight is 262 g/mol. The van der Waals surface area contributed by atoms with Crippen LogP contribution in [0.5, 0.6) is 0 Å². The highest BCUT2D eigenvalue weighted by Gasteiger charge is 2.64. The molecule has 3 aliphatic carbocycles. The molecule has 3 rings (SSSR count). The van der Waals surface area contributed by atoms with Gasteiger partial charge >= 0.3 is 5.97 Å². The van der Waals surface area contributed by atoms with Gasteiger partial charge in [0.1, 0.15) is 5.60 Å². The Bertz CT molecular complexity index is 413. The van der Waals surface area contributed by atoms with Gasteiger partial charge in [-0.15, -0.1) is 0 Å². The third-order valence-electron chi connectivity index (χ3n) is 6.29. The van der Waals surface area contributed by atoms with Crippen molar-refractivity contribution in [2.75, 3.05) is 0 Å². The molecule has 0 aromatic carbocycles. The van der Waals surface area contributed by atoms with E-state index < -0.39 is 0 Å². The van der Waals surface area contributed by atoms with Crippen LogP contribution in [0.3, 0.4) is 0 Å². The summed E-state index contributed by atoms with van der Waals surface area (Å²) >= 11 is 0. The van der Waals surface area contributed by atoms with E-state index in [1.165, 1.54) is 38.5 Å². The predicted octanol–water partition coefficient (Wildman–Crippen LogP) is 4.24. The van der Waals surface area contributed by atoms with Gasteiger partial charge in [-0.25, -0.2) is 4.79 Å². The maximum atomic E-state index is 12.1. The summed E-state index contributed by atoms with van der Waals surface area (Å²) in [4.78, 5) is 12.1. The lowest BCUT2D eigenvalue weighted by Crippen LogP contribution is -2.50. The van der Waals surface area contributed by atoms with Crippen LogP contribution in [0.15, 0.2) is 12.2 Å². The smallest absolute Gasteiger partial charge is 0.333 e. The first-order valence-electron chi connectivity index (χ1n) is 7.92. The zero-order chi connectivity index (χ0) is 13.7. The normalized spacial score (nSPS) is 43.9. The summed E-state index contributed by atoms with van der Waals surface area (Å²) in [5, 5.41) is 0. The number of esters is 1. The summed E-state index contributed by atoms with van der Waals surface area (Å²) in [5.41, 5.74) is 0.650. The van der Waals surface area contributed by atoms with Crippen LogP contribution < -0.4 is 0 Å². The summed E-state index contributed by atoms with van der Waals surface area (Å²) < 4.78 is 6.06. The minimum absolute atomic E-state index is 0.175. The van der Waals surface area contributed by atoms with E-state index in [2.05, 4.69) is 13.5 Å². The number of hydrogen-bond acceptors (Lipinski definition) is 2. The molecule has 1 unspecified atom stereocenters. The molecule has 4 atom stereocenters. The van der Waals surface area contributed by atoms with Crippen LogP contribution in [0.25, 0.3) is 0 Å². The summed E-state index contributed by atoms with van der Waals surface area (Å²) in [6.45, 7) is 7.71. The minimum atomic E-state index is -0.192. The summed E-state index contributed by atoms with van der Waals surface area (Å²) in [5.74, 6) is 1.53. The van der Waals surface area contributed by atoms with Gasteiger partial charge in [0.25, 0.3) is 0 Å². The second-order valence-electron chi connectivity index (χ2n) is 7.11. The first kappa shape index (κ1) is 13.2. The molecular weight excluding hydrogens is 236 g/mol. The first-order valence-corrected chi connectivity index (χ1v) is 7.92. The molecule has 19 heavy (non-hydrogen) atoms. The van der Waals surface area contributed by atoms with Crippen molar-refractivity contribution in [3.8, 4) is 0 Å². The fourth-order valence-corrected chi connectivity index (χ4v) is 5.49. The SMILES string of the molecule is C=C(C)C(=O)OC1(CC)CCC[C@@]12C[C@H]1CC[C@@H]2C1. The highest BCUT2D eigenvalue weighted by atomic mass is 16.6. The van der Waals surface area contributed by atoms with Gasteiger partial charge in [0, 0.05) is 11.0 Å². The van der Waals surface area contributed by atoms with Crippen LogP contribution in [0.2, 0.25) is 0 Å². The zero-order valence-corrected chi connectivity index (χ0v) is 12.3. The predicted molar refractivity (Wildman–Crippen MR) is 75.7 cm³/mol. The Labute approximate surface area is 116 Å². The van der Waals surface area contributed by atoms with E-state index in [-0.39, 0.29) is 11.6 Å². The molecule has 3 saturated carbocycles.